The zero-order valence-corrected chi connectivity index (χ0v) is 15.6. The SMILES string of the molecule is COc1c(Cc2ccccc2)cc(C(N)=O)c(Cc2ccccc2)c1OC. The fourth-order valence-corrected chi connectivity index (χ4v) is 3.31. The first-order valence-electron chi connectivity index (χ1n) is 8.78. The first-order valence-corrected chi connectivity index (χ1v) is 8.78. The lowest BCUT2D eigenvalue weighted by Crippen LogP contribution is -2.16. The van der Waals surface area contributed by atoms with Crippen LogP contribution in [0.2, 0.25) is 0 Å². The molecule has 0 heterocycles. The first-order chi connectivity index (χ1) is 13.1. The van der Waals surface area contributed by atoms with Gasteiger partial charge in [0.25, 0.3) is 0 Å². The van der Waals surface area contributed by atoms with Crippen molar-refractivity contribution in [2.75, 3.05) is 14.2 Å². The molecule has 1 amide bonds. The quantitative estimate of drug-likeness (QED) is 0.692. The molecule has 0 aliphatic carbocycles. The van der Waals surface area contributed by atoms with Crippen molar-refractivity contribution in [3.8, 4) is 11.5 Å². The van der Waals surface area contributed by atoms with Crippen LogP contribution in [0.1, 0.15) is 32.6 Å². The Labute approximate surface area is 159 Å². The van der Waals surface area contributed by atoms with Crippen molar-refractivity contribution < 1.29 is 14.3 Å². The Morgan fingerprint density at radius 1 is 0.815 bits per heavy atom. The molecule has 0 fully saturated rings. The minimum atomic E-state index is -0.476. The summed E-state index contributed by atoms with van der Waals surface area (Å²) < 4.78 is 11.4. The van der Waals surface area contributed by atoms with Crippen molar-refractivity contribution in [2.24, 2.45) is 5.73 Å². The van der Waals surface area contributed by atoms with Crippen molar-refractivity contribution in [3.63, 3.8) is 0 Å². The molecule has 0 saturated heterocycles. The molecule has 3 aromatic rings. The highest BCUT2D eigenvalue weighted by atomic mass is 16.5. The summed E-state index contributed by atoms with van der Waals surface area (Å²) in [6, 6.07) is 21.7. The number of carbonyl (C=O) groups excluding carboxylic acids is 1. The van der Waals surface area contributed by atoms with Crippen LogP contribution in [0.3, 0.4) is 0 Å². The number of methoxy groups -OCH3 is 2. The summed E-state index contributed by atoms with van der Waals surface area (Å²) in [6.07, 6.45) is 1.15. The van der Waals surface area contributed by atoms with Crippen LogP contribution in [0.4, 0.5) is 0 Å². The number of carbonyl (C=O) groups is 1. The summed E-state index contributed by atoms with van der Waals surface area (Å²) in [5, 5.41) is 0. The topological polar surface area (TPSA) is 61.5 Å². The molecule has 0 spiro atoms. The molecule has 2 N–H and O–H groups in total. The fraction of sp³-hybridized carbons (Fsp3) is 0.174. The maximum atomic E-state index is 12.2. The van der Waals surface area contributed by atoms with Gasteiger partial charge in [0.2, 0.25) is 5.91 Å². The third-order valence-electron chi connectivity index (χ3n) is 4.55. The van der Waals surface area contributed by atoms with Crippen LogP contribution in [0.5, 0.6) is 11.5 Å². The van der Waals surface area contributed by atoms with Gasteiger partial charge in [-0.3, -0.25) is 4.79 Å². The average molecular weight is 361 g/mol. The van der Waals surface area contributed by atoms with E-state index in [0.29, 0.717) is 29.9 Å². The molecule has 0 aliphatic heterocycles. The molecular formula is C23H23NO3. The molecule has 0 aliphatic rings. The second-order valence-electron chi connectivity index (χ2n) is 6.32. The van der Waals surface area contributed by atoms with Crippen molar-refractivity contribution >= 4 is 5.91 Å². The number of benzene rings is 3. The Morgan fingerprint density at radius 3 is 1.81 bits per heavy atom. The highest BCUT2D eigenvalue weighted by Crippen LogP contribution is 2.39. The van der Waals surface area contributed by atoms with Crippen LogP contribution in [-0.4, -0.2) is 20.1 Å². The van der Waals surface area contributed by atoms with Crippen LogP contribution >= 0.6 is 0 Å². The number of ether oxygens (including phenoxy) is 2. The summed E-state index contributed by atoms with van der Waals surface area (Å²) >= 11 is 0. The Morgan fingerprint density at radius 2 is 1.33 bits per heavy atom. The van der Waals surface area contributed by atoms with E-state index < -0.39 is 5.91 Å². The Balaban J connectivity index is 2.14. The highest BCUT2D eigenvalue weighted by Gasteiger charge is 2.22. The molecular weight excluding hydrogens is 338 g/mol. The van der Waals surface area contributed by atoms with Crippen LogP contribution in [-0.2, 0) is 12.8 Å². The Hall–Kier alpha value is -3.27. The first kappa shape index (κ1) is 18.5. The van der Waals surface area contributed by atoms with Gasteiger partial charge in [0.15, 0.2) is 11.5 Å². The number of rotatable bonds is 7. The van der Waals surface area contributed by atoms with Crippen LogP contribution in [0.25, 0.3) is 0 Å². The Bertz CT molecular complexity index is 921. The summed E-state index contributed by atoms with van der Waals surface area (Å²) in [5.41, 5.74) is 9.96. The molecule has 0 bridgehead atoms. The van der Waals surface area contributed by atoms with Gasteiger partial charge in [-0.15, -0.1) is 0 Å². The van der Waals surface area contributed by atoms with Gasteiger partial charge in [0.1, 0.15) is 0 Å². The average Bonchev–Trinajstić information content (AvgIpc) is 2.69. The predicted octanol–water partition coefficient (Wildman–Crippen LogP) is 3.98. The van der Waals surface area contributed by atoms with Gasteiger partial charge < -0.3 is 15.2 Å². The van der Waals surface area contributed by atoms with E-state index in [2.05, 4.69) is 0 Å². The standard InChI is InChI=1S/C23H23NO3/c1-26-21-18(13-16-9-5-3-6-10-16)15-20(23(24)25)19(22(21)27-2)14-17-11-7-4-8-12-17/h3-12,15H,13-14H2,1-2H3,(H2,24,25). The Kier molecular flexibility index (Phi) is 5.77. The van der Waals surface area contributed by atoms with Crippen LogP contribution < -0.4 is 15.2 Å². The van der Waals surface area contributed by atoms with E-state index in [4.69, 9.17) is 15.2 Å². The molecule has 3 rings (SSSR count). The molecule has 4 heteroatoms. The van der Waals surface area contributed by atoms with Gasteiger partial charge in [0, 0.05) is 29.5 Å². The van der Waals surface area contributed by atoms with Gasteiger partial charge in [-0.2, -0.15) is 0 Å². The summed E-state index contributed by atoms with van der Waals surface area (Å²) in [5.74, 6) is 0.720. The zero-order chi connectivity index (χ0) is 19.2. The lowest BCUT2D eigenvalue weighted by atomic mass is 9.93. The van der Waals surface area contributed by atoms with Gasteiger partial charge in [-0.1, -0.05) is 60.7 Å². The summed E-state index contributed by atoms with van der Waals surface area (Å²) in [6.45, 7) is 0. The van der Waals surface area contributed by atoms with E-state index in [1.54, 1.807) is 14.2 Å². The maximum absolute atomic E-state index is 12.2. The molecule has 3 aromatic carbocycles. The normalized spacial score (nSPS) is 10.4. The van der Waals surface area contributed by atoms with E-state index in [-0.39, 0.29) is 0 Å². The van der Waals surface area contributed by atoms with E-state index >= 15 is 0 Å². The number of nitrogens with two attached hydrogens (primary N) is 1. The fourth-order valence-electron chi connectivity index (χ4n) is 3.31. The maximum Gasteiger partial charge on any atom is 0.249 e. The lowest BCUT2D eigenvalue weighted by molar-refractivity contribution is 0.0999. The van der Waals surface area contributed by atoms with Crippen molar-refractivity contribution in [3.05, 3.63) is 94.5 Å². The zero-order valence-electron chi connectivity index (χ0n) is 15.6. The lowest BCUT2D eigenvalue weighted by Gasteiger charge is -2.19. The highest BCUT2D eigenvalue weighted by molar-refractivity contribution is 5.96. The predicted molar refractivity (Wildman–Crippen MR) is 107 cm³/mol. The molecule has 0 aromatic heterocycles. The second kappa shape index (κ2) is 8.41. The number of hydrogen-bond acceptors (Lipinski definition) is 3. The van der Waals surface area contributed by atoms with E-state index in [9.17, 15) is 4.79 Å². The summed E-state index contributed by atoms with van der Waals surface area (Å²) in [7, 11) is 3.20. The van der Waals surface area contributed by atoms with E-state index in [1.165, 1.54) is 0 Å². The molecule has 0 unspecified atom stereocenters. The van der Waals surface area contributed by atoms with Gasteiger partial charge in [-0.05, 0) is 17.2 Å². The number of hydrogen-bond donors (Lipinski definition) is 1. The van der Waals surface area contributed by atoms with Crippen molar-refractivity contribution in [2.45, 2.75) is 12.8 Å². The third-order valence-corrected chi connectivity index (χ3v) is 4.55. The molecule has 27 heavy (non-hydrogen) atoms. The van der Waals surface area contributed by atoms with E-state index in [0.717, 1.165) is 22.3 Å². The molecule has 0 saturated carbocycles. The van der Waals surface area contributed by atoms with Crippen molar-refractivity contribution in [1.29, 1.82) is 0 Å². The van der Waals surface area contributed by atoms with Crippen LogP contribution in [0.15, 0.2) is 66.7 Å². The number of primary amides is 1. The van der Waals surface area contributed by atoms with Gasteiger partial charge in [-0.25, -0.2) is 0 Å². The second-order valence-corrected chi connectivity index (χ2v) is 6.32. The monoisotopic (exact) mass is 361 g/mol. The molecule has 4 nitrogen and oxygen atoms in total. The largest absolute Gasteiger partial charge is 0.493 e. The van der Waals surface area contributed by atoms with Crippen LogP contribution in [0, 0.1) is 0 Å². The molecule has 138 valence electrons. The summed E-state index contributed by atoms with van der Waals surface area (Å²) in [4.78, 5) is 12.2. The minimum Gasteiger partial charge on any atom is -0.493 e. The minimum absolute atomic E-state index is 0.461. The molecule has 0 atom stereocenters. The third kappa shape index (κ3) is 4.11. The van der Waals surface area contributed by atoms with Gasteiger partial charge in [0.05, 0.1) is 14.2 Å². The van der Waals surface area contributed by atoms with E-state index in [1.807, 2.05) is 66.7 Å². The molecule has 0 radical (unpaired) electrons. The number of amides is 1. The smallest absolute Gasteiger partial charge is 0.249 e. The van der Waals surface area contributed by atoms with Gasteiger partial charge >= 0.3 is 0 Å². The van der Waals surface area contributed by atoms with Crippen molar-refractivity contribution in [1.82, 2.24) is 0 Å².